The van der Waals surface area contributed by atoms with Crippen molar-refractivity contribution < 1.29 is 30.0 Å². The normalized spacial score (nSPS) is 9.20. The molecule has 6 heteroatoms. The summed E-state index contributed by atoms with van der Waals surface area (Å²) in [4.78, 5) is 20.7. The standard InChI is InChI=1S/C8H6O4.C6H6O2/c9-7(10)5-1-2-6(4-3-5)8(11)12;7-5-1-2-6(8)4-3-5/h1-4H,(H,9,10)(H,11,12);1-4,7-8H. The zero-order valence-electron chi connectivity index (χ0n) is 10.2. The second-order valence-corrected chi connectivity index (χ2v) is 3.70. The Hall–Kier alpha value is -3.02. The molecule has 0 aliphatic rings. The first kappa shape index (κ1) is 15.0. The van der Waals surface area contributed by atoms with E-state index in [9.17, 15) is 9.59 Å². The van der Waals surface area contributed by atoms with Crippen LogP contribution in [0.25, 0.3) is 0 Å². The highest BCUT2D eigenvalue weighted by atomic mass is 16.4. The van der Waals surface area contributed by atoms with Gasteiger partial charge in [0, 0.05) is 0 Å². The number of aromatic hydroxyl groups is 2. The molecule has 2 rings (SSSR count). The summed E-state index contributed by atoms with van der Waals surface area (Å²) < 4.78 is 0. The highest BCUT2D eigenvalue weighted by molar-refractivity contribution is 5.91. The molecule has 0 aliphatic heterocycles. The van der Waals surface area contributed by atoms with Gasteiger partial charge in [0.2, 0.25) is 0 Å². The molecule has 6 nitrogen and oxygen atoms in total. The van der Waals surface area contributed by atoms with E-state index in [0.717, 1.165) is 0 Å². The van der Waals surface area contributed by atoms with Gasteiger partial charge in [0.1, 0.15) is 11.5 Å². The van der Waals surface area contributed by atoms with Gasteiger partial charge in [-0.1, -0.05) is 0 Å². The third-order valence-corrected chi connectivity index (χ3v) is 2.23. The minimum Gasteiger partial charge on any atom is -0.508 e. The van der Waals surface area contributed by atoms with Crippen molar-refractivity contribution in [1.82, 2.24) is 0 Å². The maximum absolute atomic E-state index is 10.3. The molecule has 0 spiro atoms. The Kier molecular flexibility index (Phi) is 5.11. The van der Waals surface area contributed by atoms with Crippen molar-refractivity contribution in [3.8, 4) is 11.5 Å². The van der Waals surface area contributed by atoms with Gasteiger partial charge < -0.3 is 20.4 Å². The Bertz CT molecular complexity index is 532. The van der Waals surface area contributed by atoms with Gasteiger partial charge in [-0.2, -0.15) is 0 Å². The molecule has 0 bridgehead atoms. The molecule has 0 radical (unpaired) electrons. The lowest BCUT2D eigenvalue weighted by atomic mass is 10.1. The van der Waals surface area contributed by atoms with E-state index < -0.39 is 11.9 Å². The first-order valence-electron chi connectivity index (χ1n) is 5.45. The molecular weight excluding hydrogens is 264 g/mol. The fourth-order valence-corrected chi connectivity index (χ4v) is 1.21. The Morgan fingerprint density at radius 1 is 0.600 bits per heavy atom. The van der Waals surface area contributed by atoms with E-state index in [1.165, 1.54) is 48.5 Å². The maximum atomic E-state index is 10.3. The lowest BCUT2D eigenvalue weighted by Crippen LogP contribution is -1.99. The smallest absolute Gasteiger partial charge is 0.335 e. The van der Waals surface area contributed by atoms with Crippen molar-refractivity contribution in [3.63, 3.8) is 0 Å². The van der Waals surface area contributed by atoms with E-state index in [1.807, 2.05) is 0 Å². The predicted octanol–water partition coefficient (Wildman–Crippen LogP) is 2.18. The van der Waals surface area contributed by atoms with Crippen LogP contribution in [-0.4, -0.2) is 32.4 Å². The van der Waals surface area contributed by atoms with Crippen molar-refractivity contribution >= 4 is 11.9 Å². The summed E-state index contributed by atoms with van der Waals surface area (Å²) in [5, 5.41) is 34.2. The fourth-order valence-electron chi connectivity index (χ4n) is 1.21. The van der Waals surface area contributed by atoms with Gasteiger partial charge in [-0.15, -0.1) is 0 Å². The number of hydrogen-bond acceptors (Lipinski definition) is 4. The molecule has 104 valence electrons. The number of hydrogen-bond donors (Lipinski definition) is 4. The quantitative estimate of drug-likeness (QED) is 0.625. The van der Waals surface area contributed by atoms with Crippen molar-refractivity contribution in [3.05, 3.63) is 59.7 Å². The van der Waals surface area contributed by atoms with Gasteiger partial charge in [-0.05, 0) is 48.5 Å². The number of carboxylic acid groups (broad SMARTS) is 2. The summed E-state index contributed by atoms with van der Waals surface area (Å²) in [6, 6.07) is 10.7. The highest BCUT2D eigenvalue weighted by Gasteiger charge is 2.04. The first-order chi connectivity index (χ1) is 9.40. The Morgan fingerprint density at radius 2 is 0.850 bits per heavy atom. The molecule has 0 atom stereocenters. The van der Waals surface area contributed by atoms with Crippen LogP contribution in [-0.2, 0) is 0 Å². The van der Waals surface area contributed by atoms with Crippen LogP contribution in [0.5, 0.6) is 11.5 Å². The Morgan fingerprint density at radius 3 is 1.05 bits per heavy atom. The maximum Gasteiger partial charge on any atom is 0.335 e. The van der Waals surface area contributed by atoms with Crippen molar-refractivity contribution in [2.45, 2.75) is 0 Å². The molecule has 4 N–H and O–H groups in total. The molecule has 2 aromatic rings. The molecule has 0 saturated carbocycles. The van der Waals surface area contributed by atoms with Crippen molar-refractivity contribution in [1.29, 1.82) is 0 Å². The van der Waals surface area contributed by atoms with Gasteiger partial charge in [-0.3, -0.25) is 0 Å². The average Bonchev–Trinajstić information content (AvgIpc) is 2.43. The van der Waals surface area contributed by atoms with Crippen LogP contribution < -0.4 is 0 Å². The van der Waals surface area contributed by atoms with Gasteiger partial charge in [0.25, 0.3) is 0 Å². The number of carbonyl (C=O) groups is 2. The first-order valence-corrected chi connectivity index (χ1v) is 5.45. The van der Waals surface area contributed by atoms with Crippen molar-refractivity contribution in [2.24, 2.45) is 0 Å². The number of rotatable bonds is 2. The van der Waals surface area contributed by atoms with Crippen LogP contribution in [0.3, 0.4) is 0 Å². The molecule has 2 aromatic carbocycles. The number of phenolic OH excluding ortho intramolecular Hbond substituents is 2. The van der Waals surface area contributed by atoms with E-state index in [1.54, 1.807) is 0 Å². The highest BCUT2D eigenvalue weighted by Crippen LogP contribution is 2.13. The molecule has 0 aliphatic carbocycles. The lowest BCUT2D eigenvalue weighted by molar-refractivity contribution is 0.0681. The molecule has 20 heavy (non-hydrogen) atoms. The van der Waals surface area contributed by atoms with Crippen LogP contribution in [0, 0.1) is 0 Å². The van der Waals surface area contributed by atoms with Gasteiger partial charge >= 0.3 is 11.9 Å². The van der Waals surface area contributed by atoms with E-state index in [-0.39, 0.29) is 22.6 Å². The summed E-state index contributed by atoms with van der Waals surface area (Å²) in [7, 11) is 0. The third kappa shape index (κ3) is 4.69. The summed E-state index contributed by atoms with van der Waals surface area (Å²) >= 11 is 0. The SMILES string of the molecule is O=C(O)c1ccc(C(=O)O)cc1.Oc1ccc(O)cc1. The van der Waals surface area contributed by atoms with Crippen LogP contribution >= 0.6 is 0 Å². The molecule has 0 unspecified atom stereocenters. The molecule has 0 amide bonds. The van der Waals surface area contributed by atoms with E-state index in [2.05, 4.69) is 0 Å². The number of benzene rings is 2. The van der Waals surface area contributed by atoms with Gasteiger partial charge in [0.15, 0.2) is 0 Å². The number of carboxylic acids is 2. The zero-order valence-corrected chi connectivity index (χ0v) is 10.2. The van der Waals surface area contributed by atoms with Gasteiger partial charge in [0.05, 0.1) is 11.1 Å². The van der Waals surface area contributed by atoms with E-state index >= 15 is 0 Å². The largest absolute Gasteiger partial charge is 0.508 e. The summed E-state index contributed by atoms with van der Waals surface area (Å²) in [5.74, 6) is -1.79. The van der Waals surface area contributed by atoms with Crippen LogP contribution in [0.4, 0.5) is 0 Å². The lowest BCUT2D eigenvalue weighted by Gasteiger charge is -1.94. The van der Waals surface area contributed by atoms with Crippen LogP contribution in [0.2, 0.25) is 0 Å². The summed E-state index contributed by atoms with van der Waals surface area (Å²) in [5.41, 5.74) is 0.167. The molecule has 0 aromatic heterocycles. The second kappa shape index (κ2) is 6.79. The zero-order chi connectivity index (χ0) is 15.1. The molecule has 0 heterocycles. The minimum absolute atomic E-state index is 0.0833. The predicted molar refractivity (Wildman–Crippen MR) is 70.1 cm³/mol. The second-order valence-electron chi connectivity index (χ2n) is 3.70. The molecule has 0 saturated heterocycles. The van der Waals surface area contributed by atoms with Crippen LogP contribution in [0.1, 0.15) is 20.7 Å². The van der Waals surface area contributed by atoms with Gasteiger partial charge in [-0.25, -0.2) is 9.59 Å². The fraction of sp³-hybridized carbons (Fsp3) is 0. The summed E-state index contributed by atoms with van der Waals surface area (Å²) in [6.07, 6.45) is 0. The topological polar surface area (TPSA) is 115 Å². The average molecular weight is 276 g/mol. The Labute approximate surface area is 114 Å². The monoisotopic (exact) mass is 276 g/mol. The number of phenols is 2. The van der Waals surface area contributed by atoms with Crippen molar-refractivity contribution in [2.75, 3.05) is 0 Å². The molecular formula is C14H12O6. The summed E-state index contributed by atoms with van der Waals surface area (Å²) in [6.45, 7) is 0. The van der Waals surface area contributed by atoms with Crippen LogP contribution in [0.15, 0.2) is 48.5 Å². The minimum atomic E-state index is -1.06. The number of aromatic carboxylic acids is 2. The van der Waals surface area contributed by atoms with E-state index in [0.29, 0.717) is 0 Å². The molecule has 0 fully saturated rings. The Balaban J connectivity index is 0.000000217. The van der Waals surface area contributed by atoms with E-state index in [4.69, 9.17) is 20.4 Å². The third-order valence-electron chi connectivity index (χ3n) is 2.23.